The molecule has 0 saturated heterocycles. The van der Waals surface area contributed by atoms with Crippen LogP contribution in [0.25, 0.3) is 0 Å². The molecule has 14 heavy (non-hydrogen) atoms. The van der Waals surface area contributed by atoms with Gasteiger partial charge in [-0.3, -0.25) is 4.90 Å². The van der Waals surface area contributed by atoms with Crippen LogP contribution in [0.4, 0.5) is 0 Å². The molecule has 0 aromatic carbocycles. The van der Waals surface area contributed by atoms with Crippen molar-refractivity contribution >= 4 is 23.4 Å². The number of nitrogens with zero attached hydrogens (tertiary/aromatic N) is 1. The van der Waals surface area contributed by atoms with E-state index in [2.05, 4.69) is 11.2 Å². The summed E-state index contributed by atoms with van der Waals surface area (Å²) in [6, 6.07) is 0.828. The van der Waals surface area contributed by atoms with E-state index in [4.69, 9.17) is 11.6 Å². The topological polar surface area (TPSA) is 3.24 Å². The second-order valence-corrected chi connectivity index (χ2v) is 5.37. The lowest BCUT2D eigenvalue weighted by Gasteiger charge is -2.33. The Kier molecular flexibility index (Phi) is 7.09. The highest BCUT2D eigenvalue weighted by atomic mass is 35.5. The number of halogens is 1. The highest BCUT2D eigenvalue weighted by Crippen LogP contribution is 2.22. The van der Waals surface area contributed by atoms with Crippen molar-refractivity contribution in [2.75, 3.05) is 31.0 Å². The Morgan fingerprint density at radius 2 is 1.93 bits per heavy atom. The van der Waals surface area contributed by atoms with Gasteiger partial charge in [-0.15, -0.1) is 11.6 Å². The van der Waals surface area contributed by atoms with Crippen LogP contribution in [0.5, 0.6) is 0 Å². The summed E-state index contributed by atoms with van der Waals surface area (Å²) in [7, 11) is 0. The van der Waals surface area contributed by atoms with E-state index in [0.717, 1.165) is 18.5 Å². The third-order valence-corrected chi connectivity index (χ3v) is 3.81. The van der Waals surface area contributed by atoms with Crippen LogP contribution in [0.15, 0.2) is 0 Å². The van der Waals surface area contributed by atoms with Gasteiger partial charge in [0.1, 0.15) is 0 Å². The minimum atomic E-state index is 0.783. The lowest BCUT2D eigenvalue weighted by Crippen LogP contribution is -2.39. The molecule has 1 rings (SSSR count). The molecular formula is C11H22ClNS. The van der Waals surface area contributed by atoms with Gasteiger partial charge < -0.3 is 0 Å². The third-order valence-electron chi connectivity index (χ3n) is 3.05. The number of alkyl halides is 1. The fraction of sp³-hybridized carbons (Fsp3) is 1.00. The van der Waals surface area contributed by atoms with Crippen LogP contribution in [-0.4, -0.2) is 41.9 Å². The van der Waals surface area contributed by atoms with Crippen molar-refractivity contribution < 1.29 is 0 Å². The number of hydrogen-bond donors (Lipinski definition) is 0. The van der Waals surface area contributed by atoms with Gasteiger partial charge in [0.15, 0.2) is 0 Å². The molecule has 0 radical (unpaired) electrons. The van der Waals surface area contributed by atoms with Crippen LogP contribution in [0, 0.1) is 0 Å². The first-order valence-electron chi connectivity index (χ1n) is 5.67. The minimum Gasteiger partial charge on any atom is -0.298 e. The molecule has 1 saturated carbocycles. The van der Waals surface area contributed by atoms with Gasteiger partial charge in [-0.05, 0) is 19.1 Å². The molecule has 3 heteroatoms. The van der Waals surface area contributed by atoms with E-state index in [1.807, 2.05) is 11.8 Å². The maximum atomic E-state index is 5.85. The second-order valence-electron chi connectivity index (χ2n) is 4.01. The first kappa shape index (κ1) is 12.7. The second kappa shape index (κ2) is 7.84. The van der Waals surface area contributed by atoms with E-state index in [9.17, 15) is 0 Å². The lowest BCUT2D eigenvalue weighted by atomic mass is 9.94. The van der Waals surface area contributed by atoms with E-state index in [0.29, 0.717) is 0 Å². The maximum Gasteiger partial charge on any atom is 0.0351 e. The van der Waals surface area contributed by atoms with Gasteiger partial charge in [0.2, 0.25) is 0 Å². The summed E-state index contributed by atoms with van der Waals surface area (Å²) in [5.41, 5.74) is 0. The Morgan fingerprint density at radius 3 is 2.50 bits per heavy atom. The van der Waals surface area contributed by atoms with Gasteiger partial charge in [0, 0.05) is 30.8 Å². The van der Waals surface area contributed by atoms with E-state index in [1.165, 1.54) is 44.4 Å². The molecule has 0 aromatic rings. The molecule has 0 spiro atoms. The molecule has 1 aliphatic carbocycles. The largest absolute Gasteiger partial charge is 0.298 e. The Hall–Kier alpha value is 0.600. The van der Waals surface area contributed by atoms with Gasteiger partial charge in [-0.1, -0.05) is 19.3 Å². The predicted molar refractivity (Wildman–Crippen MR) is 67.5 cm³/mol. The molecule has 0 unspecified atom stereocenters. The molecule has 0 bridgehead atoms. The summed E-state index contributed by atoms with van der Waals surface area (Å²) in [4.78, 5) is 2.60. The molecule has 1 nitrogen and oxygen atoms in total. The number of thioether (sulfide) groups is 1. The molecule has 0 atom stereocenters. The van der Waals surface area contributed by atoms with Crippen molar-refractivity contribution in [2.45, 2.75) is 38.1 Å². The summed E-state index contributed by atoms with van der Waals surface area (Å²) in [6.07, 6.45) is 9.25. The molecule has 0 N–H and O–H groups in total. The van der Waals surface area contributed by atoms with E-state index in [-0.39, 0.29) is 0 Å². The Labute approximate surface area is 97.6 Å². The molecule has 1 fully saturated rings. The molecule has 0 amide bonds. The fourth-order valence-electron chi connectivity index (χ4n) is 2.24. The van der Waals surface area contributed by atoms with Crippen LogP contribution in [-0.2, 0) is 0 Å². The zero-order chi connectivity index (χ0) is 10.2. The number of hydrogen-bond acceptors (Lipinski definition) is 2. The van der Waals surface area contributed by atoms with Crippen molar-refractivity contribution in [2.24, 2.45) is 0 Å². The molecule has 84 valence electrons. The zero-order valence-corrected chi connectivity index (χ0v) is 10.7. The van der Waals surface area contributed by atoms with Gasteiger partial charge in [-0.2, -0.15) is 11.8 Å². The van der Waals surface area contributed by atoms with Gasteiger partial charge >= 0.3 is 0 Å². The summed E-state index contributed by atoms with van der Waals surface area (Å²) in [6.45, 7) is 2.30. The van der Waals surface area contributed by atoms with Crippen LogP contribution in [0.2, 0.25) is 0 Å². The minimum absolute atomic E-state index is 0.783. The van der Waals surface area contributed by atoms with Crippen molar-refractivity contribution in [3.63, 3.8) is 0 Å². The SMILES string of the molecule is CSCCN(CCCl)C1CCCCC1. The molecule has 0 heterocycles. The Balaban J connectivity index is 2.30. The summed E-state index contributed by atoms with van der Waals surface area (Å²) >= 11 is 7.78. The maximum absolute atomic E-state index is 5.85. The van der Waals surface area contributed by atoms with Crippen LogP contribution < -0.4 is 0 Å². The lowest BCUT2D eigenvalue weighted by molar-refractivity contribution is 0.174. The average Bonchev–Trinajstić information content (AvgIpc) is 2.25. The van der Waals surface area contributed by atoms with Gasteiger partial charge in [0.25, 0.3) is 0 Å². The first-order chi connectivity index (χ1) is 6.88. The van der Waals surface area contributed by atoms with Gasteiger partial charge in [0.05, 0.1) is 0 Å². The normalized spacial score (nSPS) is 19.1. The fourth-order valence-corrected chi connectivity index (χ4v) is 2.87. The van der Waals surface area contributed by atoms with Crippen LogP contribution >= 0.6 is 23.4 Å². The first-order valence-corrected chi connectivity index (χ1v) is 7.60. The third kappa shape index (κ3) is 4.41. The monoisotopic (exact) mass is 235 g/mol. The highest BCUT2D eigenvalue weighted by molar-refractivity contribution is 7.98. The predicted octanol–water partition coefficient (Wildman–Crippen LogP) is 3.22. The molecule has 0 aliphatic heterocycles. The summed E-state index contributed by atoms with van der Waals surface area (Å²) < 4.78 is 0. The van der Waals surface area contributed by atoms with Gasteiger partial charge in [-0.25, -0.2) is 0 Å². The highest BCUT2D eigenvalue weighted by Gasteiger charge is 2.19. The van der Waals surface area contributed by atoms with Crippen LogP contribution in [0.1, 0.15) is 32.1 Å². The quantitative estimate of drug-likeness (QED) is 0.651. The Morgan fingerprint density at radius 1 is 1.21 bits per heavy atom. The van der Waals surface area contributed by atoms with E-state index >= 15 is 0 Å². The smallest absolute Gasteiger partial charge is 0.0351 e. The van der Waals surface area contributed by atoms with Crippen molar-refractivity contribution in [3.05, 3.63) is 0 Å². The van der Waals surface area contributed by atoms with E-state index < -0.39 is 0 Å². The number of rotatable bonds is 6. The standard InChI is InChI=1S/C11H22ClNS/c1-14-10-9-13(8-7-12)11-5-3-2-4-6-11/h11H,2-10H2,1H3. The van der Waals surface area contributed by atoms with Crippen molar-refractivity contribution in [1.29, 1.82) is 0 Å². The summed E-state index contributed by atoms with van der Waals surface area (Å²) in [5.74, 6) is 2.03. The van der Waals surface area contributed by atoms with Crippen LogP contribution in [0.3, 0.4) is 0 Å². The molecule has 1 aliphatic rings. The van der Waals surface area contributed by atoms with E-state index in [1.54, 1.807) is 0 Å². The van der Waals surface area contributed by atoms with Crippen molar-refractivity contribution in [3.8, 4) is 0 Å². The van der Waals surface area contributed by atoms with Crippen molar-refractivity contribution in [1.82, 2.24) is 4.90 Å². The zero-order valence-electron chi connectivity index (χ0n) is 9.17. The molecule has 0 aromatic heterocycles. The average molecular weight is 236 g/mol. The summed E-state index contributed by atoms with van der Waals surface area (Å²) in [5, 5.41) is 0. The molecular weight excluding hydrogens is 214 g/mol. The Bertz CT molecular complexity index is 137.